The average molecular weight is 333 g/mol. The molecule has 1 aromatic heterocycles. The Kier molecular flexibility index (Phi) is 4.71. The van der Waals surface area contributed by atoms with Crippen molar-refractivity contribution in [2.45, 2.75) is 31.2 Å². The van der Waals surface area contributed by atoms with Crippen LogP contribution in [0.2, 0.25) is 5.02 Å². The molecule has 0 saturated carbocycles. The third-order valence-corrected chi connectivity index (χ3v) is 6.03. The summed E-state index contributed by atoms with van der Waals surface area (Å²) in [6.45, 7) is 3.98. The second-order valence-corrected chi connectivity index (χ2v) is 8.19. The van der Waals surface area contributed by atoms with Gasteiger partial charge in [0.25, 0.3) is 0 Å². The van der Waals surface area contributed by atoms with Crippen molar-refractivity contribution in [2.24, 2.45) is 5.73 Å². The van der Waals surface area contributed by atoms with Gasteiger partial charge in [-0.05, 0) is 38.5 Å². The van der Waals surface area contributed by atoms with E-state index in [2.05, 4.69) is 4.72 Å². The van der Waals surface area contributed by atoms with E-state index in [4.69, 9.17) is 17.3 Å². The lowest BCUT2D eigenvalue weighted by Gasteiger charge is -2.08. The molecule has 1 atom stereocenters. The molecule has 0 spiro atoms. The molecule has 0 aliphatic rings. The van der Waals surface area contributed by atoms with Gasteiger partial charge < -0.3 is 5.73 Å². The van der Waals surface area contributed by atoms with Crippen molar-refractivity contribution in [1.82, 2.24) is 4.72 Å². The molecule has 0 radical (unpaired) electrons. The molecule has 1 unspecified atom stereocenters. The number of halogens is 1. The first-order chi connectivity index (χ1) is 9.31. The van der Waals surface area contributed by atoms with E-state index >= 15 is 0 Å². The van der Waals surface area contributed by atoms with E-state index in [1.807, 2.05) is 13.0 Å². The third kappa shape index (κ3) is 3.32. The summed E-state index contributed by atoms with van der Waals surface area (Å²) in [6, 6.07) is 5.27. The molecule has 0 aliphatic carbocycles. The van der Waals surface area contributed by atoms with Gasteiger partial charge >= 0.3 is 0 Å². The molecule has 20 heavy (non-hydrogen) atoms. The first-order valence-electron chi connectivity index (χ1n) is 6.25. The minimum Gasteiger partial charge on any atom is -0.328 e. The Balaban J connectivity index is 2.40. The number of fused-ring (bicyclic) bond motifs is 1. The highest BCUT2D eigenvalue weighted by molar-refractivity contribution is 7.90. The summed E-state index contributed by atoms with van der Waals surface area (Å²) in [5.41, 5.74) is 5.63. The summed E-state index contributed by atoms with van der Waals surface area (Å²) in [6.07, 6.45) is 0.598. The summed E-state index contributed by atoms with van der Waals surface area (Å²) in [5, 5.41) is 1.20. The van der Waals surface area contributed by atoms with Gasteiger partial charge in [-0.2, -0.15) is 0 Å². The van der Waals surface area contributed by atoms with E-state index in [-0.39, 0.29) is 6.04 Å². The van der Waals surface area contributed by atoms with Crippen LogP contribution < -0.4 is 10.5 Å². The normalized spacial score (nSPS) is 13.8. The van der Waals surface area contributed by atoms with Gasteiger partial charge in [0.1, 0.15) is 4.90 Å². The topological polar surface area (TPSA) is 72.2 Å². The fourth-order valence-corrected chi connectivity index (χ4v) is 4.99. The van der Waals surface area contributed by atoms with E-state index < -0.39 is 10.0 Å². The number of nitrogens with two attached hydrogens (primary N) is 1. The van der Waals surface area contributed by atoms with Crippen molar-refractivity contribution in [3.05, 3.63) is 28.1 Å². The Labute approximate surface area is 128 Å². The number of thiophene rings is 1. The van der Waals surface area contributed by atoms with E-state index in [0.29, 0.717) is 28.3 Å². The minimum absolute atomic E-state index is 0.0348. The van der Waals surface area contributed by atoms with Crippen molar-refractivity contribution < 1.29 is 8.42 Å². The van der Waals surface area contributed by atoms with Gasteiger partial charge in [-0.1, -0.05) is 11.6 Å². The van der Waals surface area contributed by atoms with Crippen LogP contribution in [-0.4, -0.2) is 21.0 Å². The van der Waals surface area contributed by atoms with Gasteiger partial charge in [0.2, 0.25) is 10.0 Å². The monoisotopic (exact) mass is 332 g/mol. The van der Waals surface area contributed by atoms with Crippen molar-refractivity contribution >= 4 is 43.0 Å². The van der Waals surface area contributed by atoms with E-state index in [0.717, 1.165) is 9.58 Å². The maximum Gasteiger partial charge on any atom is 0.242 e. The van der Waals surface area contributed by atoms with Crippen LogP contribution in [0.4, 0.5) is 0 Å². The molecule has 3 N–H and O–H groups in total. The van der Waals surface area contributed by atoms with Gasteiger partial charge in [0.15, 0.2) is 0 Å². The van der Waals surface area contributed by atoms with Gasteiger partial charge in [0.05, 0.1) is 0 Å². The highest BCUT2D eigenvalue weighted by atomic mass is 35.5. The Morgan fingerprint density at radius 2 is 2.15 bits per heavy atom. The van der Waals surface area contributed by atoms with Crippen LogP contribution in [0.25, 0.3) is 10.1 Å². The third-order valence-electron chi connectivity index (χ3n) is 2.93. The first-order valence-corrected chi connectivity index (χ1v) is 8.93. The Bertz CT molecular complexity index is 723. The number of hydrogen-bond acceptors (Lipinski definition) is 4. The molecule has 0 saturated heterocycles. The van der Waals surface area contributed by atoms with E-state index in [1.165, 1.54) is 11.3 Å². The minimum atomic E-state index is -3.54. The van der Waals surface area contributed by atoms with Gasteiger partial charge in [-0.3, -0.25) is 0 Å². The smallest absolute Gasteiger partial charge is 0.242 e. The fourth-order valence-electron chi connectivity index (χ4n) is 2.00. The van der Waals surface area contributed by atoms with Crippen LogP contribution in [0.3, 0.4) is 0 Å². The summed E-state index contributed by atoms with van der Waals surface area (Å²) in [7, 11) is -3.54. The van der Waals surface area contributed by atoms with Crippen molar-refractivity contribution in [2.75, 3.05) is 6.54 Å². The largest absolute Gasteiger partial charge is 0.328 e. The zero-order chi connectivity index (χ0) is 14.9. The van der Waals surface area contributed by atoms with Crippen LogP contribution in [0.5, 0.6) is 0 Å². The van der Waals surface area contributed by atoms with Crippen LogP contribution in [0.15, 0.2) is 23.1 Å². The zero-order valence-electron chi connectivity index (χ0n) is 11.3. The number of nitrogens with one attached hydrogen (secondary N) is 1. The van der Waals surface area contributed by atoms with Crippen molar-refractivity contribution in [3.8, 4) is 0 Å². The maximum absolute atomic E-state index is 12.4. The SMILES string of the molecule is Cc1sc2ccc(Cl)cc2c1S(=O)(=O)NCCC(C)N. The molecule has 0 fully saturated rings. The van der Waals surface area contributed by atoms with Gasteiger partial charge in [0, 0.05) is 32.6 Å². The molecule has 4 nitrogen and oxygen atoms in total. The second-order valence-electron chi connectivity index (χ2n) is 4.79. The summed E-state index contributed by atoms with van der Waals surface area (Å²) >= 11 is 7.42. The number of sulfonamides is 1. The lowest BCUT2D eigenvalue weighted by atomic mass is 10.2. The highest BCUT2D eigenvalue weighted by Gasteiger charge is 2.22. The second kappa shape index (κ2) is 5.99. The van der Waals surface area contributed by atoms with Crippen molar-refractivity contribution in [3.63, 3.8) is 0 Å². The van der Waals surface area contributed by atoms with Crippen LogP contribution >= 0.6 is 22.9 Å². The number of aryl methyl sites for hydroxylation is 1. The molecule has 110 valence electrons. The lowest BCUT2D eigenvalue weighted by molar-refractivity contribution is 0.572. The molecular formula is C13H17ClN2O2S2. The Morgan fingerprint density at radius 3 is 2.80 bits per heavy atom. The average Bonchev–Trinajstić information content (AvgIpc) is 2.64. The standard InChI is InChI=1S/C13H17ClN2O2S2/c1-8(15)5-6-16-20(17,18)13-9(2)19-12-4-3-10(14)7-11(12)13/h3-4,7-8,16H,5-6,15H2,1-2H3. The van der Waals surface area contributed by atoms with Crippen molar-refractivity contribution in [1.29, 1.82) is 0 Å². The van der Waals surface area contributed by atoms with Gasteiger partial charge in [-0.25, -0.2) is 13.1 Å². The molecule has 1 heterocycles. The number of benzene rings is 1. The molecule has 2 aromatic rings. The maximum atomic E-state index is 12.4. The number of hydrogen-bond donors (Lipinski definition) is 2. The summed E-state index contributed by atoms with van der Waals surface area (Å²) in [5.74, 6) is 0. The molecule has 1 aromatic carbocycles. The zero-order valence-corrected chi connectivity index (χ0v) is 13.7. The molecular weight excluding hydrogens is 316 g/mol. The molecule has 0 amide bonds. The van der Waals surface area contributed by atoms with E-state index in [9.17, 15) is 8.42 Å². The summed E-state index contributed by atoms with van der Waals surface area (Å²) in [4.78, 5) is 1.08. The number of rotatable bonds is 5. The molecule has 0 aliphatic heterocycles. The predicted molar refractivity (Wildman–Crippen MR) is 85.0 cm³/mol. The van der Waals surface area contributed by atoms with Crippen LogP contribution in [-0.2, 0) is 10.0 Å². The summed E-state index contributed by atoms with van der Waals surface area (Å²) < 4.78 is 28.4. The Hall–Kier alpha value is -0.660. The van der Waals surface area contributed by atoms with Crippen LogP contribution in [0.1, 0.15) is 18.2 Å². The molecule has 2 rings (SSSR count). The fraction of sp³-hybridized carbons (Fsp3) is 0.385. The molecule has 7 heteroatoms. The molecule has 0 bridgehead atoms. The van der Waals surface area contributed by atoms with E-state index in [1.54, 1.807) is 19.1 Å². The quantitative estimate of drug-likeness (QED) is 0.884. The van der Waals surface area contributed by atoms with Crippen LogP contribution in [0, 0.1) is 6.92 Å². The van der Waals surface area contributed by atoms with Gasteiger partial charge in [-0.15, -0.1) is 11.3 Å². The Morgan fingerprint density at radius 1 is 1.45 bits per heavy atom. The highest BCUT2D eigenvalue weighted by Crippen LogP contribution is 2.35. The predicted octanol–water partition coefficient (Wildman–Crippen LogP) is 2.88. The first kappa shape index (κ1) is 15.7. The lowest BCUT2D eigenvalue weighted by Crippen LogP contribution is -2.29.